The van der Waals surface area contributed by atoms with Gasteiger partial charge in [-0.1, -0.05) is 28.1 Å². The first-order valence-electron chi connectivity index (χ1n) is 6.22. The molecular formula is C14H20BrN3. The monoisotopic (exact) mass is 309 g/mol. The van der Waals surface area contributed by atoms with Crippen molar-refractivity contribution in [1.82, 2.24) is 5.32 Å². The van der Waals surface area contributed by atoms with Crippen molar-refractivity contribution in [1.29, 1.82) is 0 Å². The lowest BCUT2D eigenvalue weighted by Gasteiger charge is -2.21. The van der Waals surface area contributed by atoms with Crippen LogP contribution in [-0.4, -0.2) is 17.5 Å². The van der Waals surface area contributed by atoms with Crippen molar-refractivity contribution in [3.63, 3.8) is 0 Å². The van der Waals surface area contributed by atoms with Crippen LogP contribution in [0.15, 0.2) is 33.7 Å². The molecule has 0 radical (unpaired) electrons. The predicted molar refractivity (Wildman–Crippen MR) is 79.8 cm³/mol. The topological polar surface area (TPSA) is 50.4 Å². The van der Waals surface area contributed by atoms with Gasteiger partial charge < -0.3 is 11.1 Å². The summed E-state index contributed by atoms with van der Waals surface area (Å²) in [7, 11) is 0. The van der Waals surface area contributed by atoms with Gasteiger partial charge in [0.15, 0.2) is 5.96 Å². The van der Waals surface area contributed by atoms with Crippen LogP contribution in [0.5, 0.6) is 0 Å². The summed E-state index contributed by atoms with van der Waals surface area (Å²) in [6.45, 7) is 6.23. The summed E-state index contributed by atoms with van der Waals surface area (Å²) in [5, 5.41) is 3.19. The van der Waals surface area contributed by atoms with E-state index in [9.17, 15) is 0 Å². The molecule has 98 valence electrons. The molecule has 0 saturated heterocycles. The zero-order chi connectivity index (χ0) is 13.3. The first-order chi connectivity index (χ1) is 8.35. The summed E-state index contributed by atoms with van der Waals surface area (Å²) >= 11 is 3.45. The van der Waals surface area contributed by atoms with E-state index in [0.717, 1.165) is 10.9 Å². The van der Waals surface area contributed by atoms with Gasteiger partial charge >= 0.3 is 0 Å². The van der Waals surface area contributed by atoms with Crippen LogP contribution < -0.4 is 11.1 Å². The van der Waals surface area contributed by atoms with Gasteiger partial charge in [-0.2, -0.15) is 0 Å². The molecule has 3 nitrogen and oxygen atoms in total. The third-order valence-electron chi connectivity index (χ3n) is 2.86. The second kappa shape index (κ2) is 4.92. The predicted octanol–water partition coefficient (Wildman–Crippen LogP) is 3.01. The molecule has 18 heavy (non-hydrogen) atoms. The van der Waals surface area contributed by atoms with Gasteiger partial charge in [-0.25, -0.2) is 4.99 Å². The highest BCUT2D eigenvalue weighted by Crippen LogP contribution is 2.43. The molecule has 0 unspecified atom stereocenters. The van der Waals surface area contributed by atoms with Crippen molar-refractivity contribution in [2.45, 2.75) is 44.7 Å². The molecule has 1 aliphatic carbocycles. The van der Waals surface area contributed by atoms with Crippen molar-refractivity contribution in [3.05, 3.63) is 34.3 Å². The van der Waals surface area contributed by atoms with Crippen molar-refractivity contribution in [3.8, 4) is 0 Å². The van der Waals surface area contributed by atoms with Gasteiger partial charge in [0.25, 0.3) is 0 Å². The quantitative estimate of drug-likeness (QED) is 0.652. The maximum absolute atomic E-state index is 5.90. The van der Waals surface area contributed by atoms with E-state index in [2.05, 4.69) is 71.3 Å². The van der Waals surface area contributed by atoms with E-state index in [1.165, 1.54) is 5.56 Å². The molecule has 0 bridgehead atoms. The smallest absolute Gasteiger partial charge is 0.189 e. The van der Waals surface area contributed by atoms with Crippen LogP contribution in [-0.2, 0) is 0 Å². The summed E-state index contributed by atoms with van der Waals surface area (Å²) in [4.78, 5) is 4.53. The van der Waals surface area contributed by atoms with Crippen LogP contribution in [0.25, 0.3) is 0 Å². The van der Waals surface area contributed by atoms with Crippen LogP contribution in [0, 0.1) is 0 Å². The largest absolute Gasteiger partial charge is 0.370 e. The molecule has 1 saturated carbocycles. The fourth-order valence-electron chi connectivity index (χ4n) is 1.99. The van der Waals surface area contributed by atoms with Crippen LogP contribution in [0.3, 0.4) is 0 Å². The number of halogens is 1. The molecule has 3 N–H and O–H groups in total. The Kier molecular flexibility index (Phi) is 3.66. The van der Waals surface area contributed by atoms with Gasteiger partial charge in [0.1, 0.15) is 0 Å². The van der Waals surface area contributed by atoms with E-state index in [4.69, 9.17) is 5.73 Å². The first kappa shape index (κ1) is 13.4. The number of hydrogen-bond acceptors (Lipinski definition) is 1. The van der Waals surface area contributed by atoms with E-state index in [0.29, 0.717) is 17.9 Å². The number of nitrogens with two attached hydrogens (primary N) is 1. The number of aliphatic imine (C=N–C) groups is 1. The second-order valence-electron chi connectivity index (χ2n) is 5.85. The van der Waals surface area contributed by atoms with Gasteiger partial charge in [0, 0.05) is 15.9 Å². The van der Waals surface area contributed by atoms with Crippen molar-refractivity contribution < 1.29 is 0 Å². The van der Waals surface area contributed by atoms with Crippen LogP contribution in [0.2, 0.25) is 0 Å². The minimum Gasteiger partial charge on any atom is -0.370 e. The number of rotatable bonds is 2. The van der Waals surface area contributed by atoms with Crippen molar-refractivity contribution >= 4 is 21.9 Å². The molecule has 2 rings (SSSR count). The number of nitrogens with one attached hydrogen (secondary N) is 1. The molecule has 1 fully saturated rings. The Hall–Kier alpha value is -1.03. The van der Waals surface area contributed by atoms with E-state index < -0.39 is 0 Å². The highest BCUT2D eigenvalue weighted by atomic mass is 79.9. The molecule has 1 aromatic rings. The highest BCUT2D eigenvalue weighted by molar-refractivity contribution is 9.10. The lowest BCUT2D eigenvalue weighted by molar-refractivity contribution is 0.508. The molecule has 0 amide bonds. The summed E-state index contributed by atoms with van der Waals surface area (Å²) in [5.74, 6) is 1.07. The number of nitrogens with zero attached hydrogens (tertiary/aromatic N) is 1. The zero-order valence-electron chi connectivity index (χ0n) is 11.1. The van der Waals surface area contributed by atoms with Crippen molar-refractivity contribution in [2.75, 3.05) is 0 Å². The Bertz CT molecular complexity index is 445. The molecule has 1 aliphatic rings. The zero-order valence-corrected chi connectivity index (χ0v) is 12.7. The molecule has 2 atom stereocenters. The number of guanidine groups is 1. The standard InChI is InChI=1S/C14H20BrN3/c1-14(2,3)18-13(16)17-12-8-11(12)9-4-6-10(15)7-5-9/h4-7,11-12H,8H2,1-3H3,(H3,16,17,18)/t11-,12+/m0/s1. The summed E-state index contributed by atoms with van der Waals surface area (Å²) in [6.07, 6.45) is 1.09. The fourth-order valence-corrected chi connectivity index (χ4v) is 2.25. The van der Waals surface area contributed by atoms with Crippen molar-refractivity contribution in [2.24, 2.45) is 10.7 Å². The maximum atomic E-state index is 5.90. The Labute approximate surface area is 117 Å². The van der Waals surface area contributed by atoms with Gasteiger partial charge in [-0.3, -0.25) is 0 Å². The Morgan fingerprint density at radius 1 is 1.33 bits per heavy atom. The summed E-state index contributed by atoms with van der Waals surface area (Å²) < 4.78 is 1.11. The molecule has 0 heterocycles. The Morgan fingerprint density at radius 2 is 1.94 bits per heavy atom. The first-order valence-corrected chi connectivity index (χ1v) is 7.01. The van der Waals surface area contributed by atoms with E-state index in [1.54, 1.807) is 0 Å². The third kappa shape index (κ3) is 3.73. The fraction of sp³-hybridized carbons (Fsp3) is 0.500. The lowest BCUT2D eigenvalue weighted by atomic mass is 10.1. The highest BCUT2D eigenvalue weighted by Gasteiger charge is 2.38. The van der Waals surface area contributed by atoms with E-state index in [1.807, 2.05) is 0 Å². The van der Waals surface area contributed by atoms with Gasteiger partial charge in [-0.05, 0) is 44.9 Å². The van der Waals surface area contributed by atoms with Crippen LogP contribution >= 0.6 is 15.9 Å². The van der Waals surface area contributed by atoms with Gasteiger partial charge in [-0.15, -0.1) is 0 Å². The van der Waals surface area contributed by atoms with Gasteiger partial charge in [0.2, 0.25) is 0 Å². The Morgan fingerprint density at radius 3 is 2.50 bits per heavy atom. The van der Waals surface area contributed by atoms with E-state index in [-0.39, 0.29) is 5.54 Å². The number of benzene rings is 1. The van der Waals surface area contributed by atoms with Crippen LogP contribution in [0.1, 0.15) is 38.7 Å². The SMILES string of the molecule is CC(C)(C)NC(N)=N[C@@H]1C[C@H]1c1ccc(Br)cc1. The molecular weight excluding hydrogens is 290 g/mol. The summed E-state index contributed by atoms with van der Waals surface area (Å²) in [5.41, 5.74) is 7.21. The molecule has 0 spiro atoms. The maximum Gasteiger partial charge on any atom is 0.189 e. The number of hydrogen-bond donors (Lipinski definition) is 2. The molecule has 4 heteroatoms. The molecule has 0 aliphatic heterocycles. The second-order valence-corrected chi connectivity index (χ2v) is 6.77. The normalized spacial score (nSPS) is 23.9. The van der Waals surface area contributed by atoms with Gasteiger partial charge in [0.05, 0.1) is 6.04 Å². The Balaban J connectivity index is 1.95. The minimum absolute atomic E-state index is 0.0322. The molecule has 1 aromatic carbocycles. The lowest BCUT2D eigenvalue weighted by Crippen LogP contribution is -2.45. The average molecular weight is 310 g/mol. The van der Waals surface area contributed by atoms with Crippen LogP contribution in [0.4, 0.5) is 0 Å². The molecule has 0 aromatic heterocycles. The third-order valence-corrected chi connectivity index (χ3v) is 3.39. The minimum atomic E-state index is -0.0322. The average Bonchev–Trinajstić information content (AvgIpc) is 2.95. The summed E-state index contributed by atoms with van der Waals surface area (Å²) in [6, 6.07) is 8.78. The van der Waals surface area contributed by atoms with E-state index >= 15 is 0 Å².